The van der Waals surface area contributed by atoms with E-state index in [2.05, 4.69) is 19.1 Å². The van der Waals surface area contributed by atoms with E-state index in [-0.39, 0.29) is 0 Å². The average Bonchev–Trinajstić information content (AvgIpc) is 2.43. The molecule has 0 spiro atoms. The number of nitrogens with zero attached hydrogens (tertiary/aromatic N) is 1. The van der Waals surface area contributed by atoms with Gasteiger partial charge in [-0.15, -0.1) is 0 Å². The van der Waals surface area contributed by atoms with Crippen LogP contribution in [0.3, 0.4) is 0 Å². The second kappa shape index (κ2) is 10.8. The van der Waals surface area contributed by atoms with Crippen molar-refractivity contribution >= 4 is 0 Å². The largest absolute Gasteiger partial charge is 0.211 e. The maximum absolute atomic E-state index is 5.86. The summed E-state index contributed by atoms with van der Waals surface area (Å²) in [5.74, 6) is 5.86. The van der Waals surface area contributed by atoms with E-state index in [1.54, 1.807) is 4.68 Å². The van der Waals surface area contributed by atoms with Gasteiger partial charge in [-0.3, -0.25) is 0 Å². The molecule has 19 heavy (non-hydrogen) atoms. The molecule has 1 aromatic rings. The fraction of sp³-hybridized carbons (Fsp3) is 0.706. The Bertz CT molecular complexity index is 323. The van der Waals surface area contributed by atoms with Gasteiger partial charge >= 0.3 is 0 Å². The monoisotopic (exact) mass is 263 g/mol. The Kier molecular flexibility index (Phi) is 9.13. The summed E-state index contributed by atoms with van der Waals surface area (Å²) in [5.41, 5.74) is 1.24. The van der Waals surface area contributed by atoms with Gasteiger partial charge in [-0.05, 0) is 12.5 Å². The van der Waals surface area contributed by atoms with E-state index in [0.29, 0.717) is 0 Å². The van der Waals surface area contributed by atoms with Crippen LogP contribution >= 0.6 is 0 Å². The zero-order valence-electron chi connectivity index (χ0n) is 12.6. The molecule has 0 saturated carbocycles. The van der Waals surface area contributed by atoms with Gasteiger partial charge in [0.2, 0.25) is 5.69 Å². The predicted molar refractivity (Wildman–Crippen MR) is 82.3 cm³/mol. The highest BCUT2D eigenvalue weighted by Gasteiger charge is 2.04. The fourth-order valence-electron chi connectivity index (χ4n) is 2.50. The quantitative estimate of drug-likeness (QED) is 0.363. The average molecular weight is 263 g/mol. The number of hydrogen-bond acceptors (Lipinski definition) is 1. The molecule has 0 unspecified atom stereocenters. The number of nitrogens with two attached hydrogens (primary N) is 1. The highest BCUT2D eigenvalue weighted by molar-refractivity contribution is 4.97. The van der Waals surface area contributed by atoms with Crippen molar-refractivity contribution in [3.05, 3.63) is 30.1 Å². The molecule has 0 aliphatic heterocycles. The van der Waals surface area contributed by atoms with Crippen molar-refractivity contribution in [2.75, 3.05) is 5.84 Å². The molecule has 0 bridgehead atoms. The van der Waals surface area contributed by atoms with Gasteiger partial charge in [-0.2, -0.15) is 0 Å². The molecule has 0 radical (unpaired) electrons. The number of rotatable bonds is 11. The molecule has 1 heterocycles. The van der Waals surface area contributed by atoms with Crippen molar-refractivity contribution in [3.63, 3.8) is 0 Å². The molecule has 0 aromatic carbocycles. The molecular weight excluding hydrogens is 232 g/mol. The number of aromatic nitrogens is 1. The van der Waals surface area contributed by atoms with Crippen LogP contribution in [0.2, 0.25) is 0 Å². The van der Waals surface area contributed by atoms with E-state index in [1.807, 2.05) is 12.3 Å². The minimum atomic E-state index is 1.10. The smallest absolute Gasteiger partial charge is 0.205 e. The molecule has 2 heteroatoms. The number of unbranched alkanes of at least 4 members (excludes halogenated alkanes) is 9. The summed E-state index contributed by atoms with van der Waals surface area (Å²) >= 11 is 0. The molecule has 0 saturated heterocycles. The van der Waals surface area contributed by atoms with E-state index in [0.717, 1.165) is 6.42 Å². The first kappa shape index (κ1) is 16.0. The van der Waals surface area contributed by atoms with E-state index in [9.17, 15) is 0 Å². The van der Waals surface area contributed by atoms with Crippen molar-refractivity contribution < 1.29 is 4.68 Å². The minimum absolute atomic E-state index is 1.10. The van der Waals surface area contributed by atoms with E-state index < -0.39 is 0 Å². The Balaban J connectivity index is 1.90. The third-order valence-electron chi connectivity index (χ3n) is 3.76. The lowest BCUT2D eigenvalue weighted by Gasteiger charge is -2.02. The number of aryl methyl sites for hydroxylation is 1. The molecule has 0 aliphatic carbocycles. The van der Waals surface area contributed by atoms with Crippen LogP contribution < -0.4 is 10.5 Å². The highest BCUT2D eigenvalue weighted by Crippen LogP contribution is 2.11. The zero-order valence-corrected chi connectivity index (χ0v) is 12.6. The van der Waals surface area contributed by atoms with Crippen LogP contribution in [0.15, 0.2) is 24.4 Å². The van der Waals surface area contributed by atoms with Gasteiger partial charge in [0.25, 0.3) is 0 Å². The summed E-state index contributed by atoms with van der Waals surface area (Å²) in [4.78, 5) is 0. The van der Waals surface area contributed by atoms with Crippen molar-refractivity contribution in [1.29, 1.82) is 0 Å². The SMILES string of the molecule is CCCCCCCCCCCCc1cccc[n+]1N. The lowest BCUT2D eigenvalue weighted by Crippen LogP contribution is -2.47. The third-order valence-corrected chi connectivity index (χ3v) is 3.76. The summed E-state index contributed by atoms with van der Waals surface area (Å²) in [5, 5.41) is 0. The van der Waals surface area contributed by atoms with E-state index in [4.69, 9.17) is 5.84 Å². The Morgan fingerprint density at radius 2 is 1.42 bits per heavy atom. The Labute approximate surface area is 119 Å². The molecule has 0 amide bonds. The van der Waals surface area contributed by atoms with Gasteiger partial charge in [0.1, 0.15) is 0 Å². The lowest BCUT2D eigenvalue weighted by atomic mass is 10.1. The van der Waals surface area contributed by atoms with Crippen LogP contribution in [-0.4, -0.2) is 0 Å². The van der Waals surface area contributed by atoms with Crippen molar-refractivity contribution in [2.24, 2.45) is 0 Å². The molecular formula is C17H31N2+. The van der Waals surface area contributed by atoms with Crippen LogP contribution in [0.5, 0.6) is 0 Å². The lowest BCUT2D eigenvalue weighted by molar-refractivity contribution is -0.647. The number of pyridine rings is 1. The standard InChI is InChI=1S/C17H31N2/c1-2-3-4-5-6-7-8-9-10-11-14-17-15-12-13-16-19(17)18/h12-13,15-16H,2-11,14,18H2,1H3/q+1. The summed E-state index contributed by atoms with van der Waals surface area (Å²) < 4.78 is 1.74. The second-order valence-corrected chi connectivity index (χ2v) is 5.53. The van der Waals surface area contributed by atoms with Gasteiger partial charge < -0.3 is 0 Å². The van der Waals surface area contributed by atoms with Crippen LogP contribution in [0, 0.1) is 0 Å². The minimum Gasteiger partial charge on any atom is -0.205 e. The van der Waals surface area contributed by atoms with Gasteiger partial charge in [0.15, 0.2) is 6.20 Å². The first-order valence-corrected chi connectivity index (χ1v) is 8.09. The summed E-state index contributed by atoms with van der Waals surface area (Å²) in [7, 11) is 0. The molecule has 0 fully saturated rings. The van der Waals surface area contributed by atoms with E-state index >= 15 is 0 Å². The van der Waals surface area contributed by atoms with Crippen LogP contribution in [0.25, 0.3) is 0 Å². The number of nitrogen functional groups attached to an aromatic ring is 1. The van der Waals surface area contributed by atoms with Crippen LogP contribution in [0.4, 0.5) is 0 Å². The van der Waals surface area contributed by atoms with Crippen molar-refractivity contribution in [3.8, 4) is 0 Å². The Hall–Kier alpha value is -1.05. The Morgan fingerprint density at radius 1 is 0.842 bits per heavy atom. The van der Waals surface area contributed by atoms with Gasteiger partial charge in [0, 0.05) is 18.6 Å². The molecule has 2 nitrogen and oxygen atoms in total. The van der Waals surface area contributed by atoms with Gasteiger partial charge in [-0.25, -0.2) is 5.84 Å². The topological polar surface area (TPSA) is 29.9 Å². The van der Waals surface area contributed by atoms with E-state index in [1.165, 1.54) is 69.9 Å². The van der Waals surface area contributed by atoms with Gasteiger partial charge in [-0.1, -0.05) is 69.4 Å². The predicted octanol–water partition coefficient (Wildman–Crippen LogP) is 4.15. The summed E-state index contributed by atoms with van der Waals surface area (Å²) in [6.45, 7) is 2.28. The molecule has 1 aromatic heterocycles. The fourth-order valence-corrected chi connectivity index (χ4v) is 2.50. The van der Waals surface area contributed by atoms with Crippen LogP contribution in [-0.2, 0) is 6.42 Å². The third kappa shape index (κ3) is 7.86. The summed E-state index contributed by atoms with van der Waals surface area (Å²) in [6.07, 6.45) is 16.9. The molecule has 108 valence electrons. The van der Waals surface area contributed by atoms with Crippen molar-refractivity contribution in [1.82, 2.24) is 0 Å². The second-order valence-electron chi connectivity index (χ2n) is 5.53. The van der Waals surface area contributed by atoms with Gasteiger partial charge in [0.05, 0.1) is 0 Å². The molecule has 1 rings (SSSR count). The zero-order chi connectivity index (χ0) is 13.8. The normalized spacial score (nSPS) is 10.8. The Morgan fingerprint density at radius 3 is 2.00 bits per heavy atom. The first-order chi connectivity index (χ1) is 9.34. The van der Waals surface area contributed by atoms with Crippen LogP contribution in [0.1, 0.15) is 76.8 Å². The molecule has 2 N–H and O–H groups in total. The summed E-state index contributed by atoms with van der Waals surface area (Å²) in [6, 6.07) is 6.16. The van der Waals surface area contributed by atoms with Crippen molar-refractivity contribution in [2.45, 2.75) is 77.6 Å². The number of hydrogen-bond donors (Lipinski definition) is 1. The highest BCUT2D eigenvalue weighted by atomic mass is 15.3. The molecule has 0 aliphatic rings. The maximum Gasteiger partial charge on any atom is 0.211 e. The first-order valence-electron chi connectivity index (χ1n) is 8.09. The molecule has 0 atom stereocenters. The maximum atomic E-state index is 5.86.